The van der Waals surface area contributed by atoms with Crippen LogP contribution in [0.4, 0.5) is 11.4 Å². The van der Waals surface area contributed by atoms with Crippen LogP contribution in [0.5, 0.6) is 0 Å². The van der Waals surface area contributed by atoms with E-state index in [1.54, 1.807) is 24.3 Å². The van der Waals surface area contributed by atoms with Crippen molar-refractivity contribution in [3.05, 3.63) is 87.7 Å². The molecule has 0 saturated heterocycles. The lowest BCUT2D eigenvalue weighted by Gasteiger charge is -2.10. The van der Waals surface area contributed by atoms with Crippen LogP contribution in [0.25, 0.3) is 0 Å². The molecule has 0 atom stereocenters. The molecule has 0 fully saturated rings. The Morgan fingerprint density at radius 2 is 1.61 bits per heavy atom. The molecule has 0 unspecified atom stereocenters. The average Bonchev–Trinajstić information content (AvgIpc) is 2.67. The van der Waals surface area contributed by atoms with E-state index < -0.39 is 5.91 Å². The molecule has 6 heteroatoms. The lowest BCUT2D eigenvalue weighted by Crippen LogP contribution is -2.17. The highest BCUT2D eigenvalue weighted by molar-refractivity contribution is 6.30. The van der Waals surface area contributed by atoms with Gasteiger partial charge in [0.1, 0.15) is 5.69 Å². The van der Waals surface area contributed by atoms with Gasteiger partial charge in [-0.3, -0.25) is 14.6 Å². The summed E-state index contributed by atoms with van der Waals surface area (Å²) >= 11 is 5.94. The Balaban J connectivity index is 1.76. The van der Waals surface area contributed by atoms with Gasteiger partial charge in [-0.15, -0.1) is 0 Å². The van der Waals surface area contributed by atoms with Crippen molar-refractivity contribution < 1.29 is 9.59 Å². The van der Waals surface area contributed by atoms with Crippen LogP contribution in [0.1, 0.15) is 37.5 Å². The highest BCUT2D eigenvalue weighted by atomic mass is 35.5. The minimum atomic E-state index is -0.397. The molecule has 5 nitrogen and oxygen atoms in total. The molecule has 0 aliphatic heterocycles. The predicted molar refractivity (Wildman–Crippen MR) is 112 cm³/mol. The summed E-state index contributed by atoms with van der Waals surface area (Å²) in [5, 5.41) is 6.23. The number of pyridine rings is 1. The third kappa shape index (κ3) is 4.56. The number of carbonyl (C=O) groups excluding carboxylic acids is 2. The Morgan fingerprint density at radius 3 is 2.32 bits per heavy atom. The monoisotopic (exact) mass is 393 g/mol. The maximum atomic E-state index is 12.5. The van der Waals surface area contributed by atoms with Gasteiger partial charge in [0.05, 0.1) is 0 Å². The van der Waals surface area contributed by atoms with Crippen LogP contribution in [0, 0.1) is 20.8 Å². The standard InChI is InChI=1S/C22H20ClN3O2/c1-13-4-6-18(11-14(13)2)25-21(27)16-8-9-24-20(12-16)22(28)26-19-7-5-17(23)10-15(19)3/h4-12H,1-3H3,(H,25,27)(H,26,28). The van der Waals surface area contributed by atoms with E-state index in [-0.39, 0.29) is 11.6 Å². The summed E-state index contributed by atoms with van der Waals surface area (Å²) in [7, 11) is 0. The van der Waals surface area contributed by atoms with Crippen molar-refractivity contribution in [2.75, 3.05) is 10.6 Å². The first-order valence-corrected chi connectivity index (χ1v) is 9.13. The van der Waals surface area contributed by atoms with Crippen LogP contribution in [-0.4, -0.2) is 16.8 Å². The van der Waals surface area contributed by atoms with E-state index in [1.165, 1.54) is 12.3 Å². The van der Waals surface area contributed by atoms with Gasteiger partial charge in [0.15, 0.2) is 0 Å². The van der Waals surface area contributed by atoms with Gasteiger partial charge < -0.3 is 10.6 Å². The van der Waals surface area contributed by atoms with Crippen molar-refractivity contribution in [3.8, 4) is 0 Å². The smallest absolute Gasteiger partial charge is 0.274 e. The Morgan fingerprint density at radius 1 is 0.821 bits per heavy atom. The van der Waals surface area contributed by atoms with Crippen molar-refractivity contribution in [1.82, 2.24) is 4.98 Å². The zero-order valence-corrected chi connectivity index (χ0v) is 16.6. The maximum absolute atomic E-state index is 12.5. The quantitative estimate of drug-likeness (QED) is 0.642. The maximum Gasteiger partial charge on any atom is 0.274 e. The molecule has 142 valence electrons. The molecule has 0 aliphatic rings. The van der Waals surface area contributed by atoms with Gasteiger partial charge in [-0.05, 0) is 79.9 Å². The number of halogens is 1. The molecule has 1 heterocycles. The number of aryl methyl sites for hydroxylation is 3. The van der Waals surface area contributed by atoms with Crippen molar-refractivity contribution >= 4 is 34.8 Å². The van der Waals surface area contributed by atoms with Gasteiger partial charge in [0.25, 0.3) is 11.8 Å². The first-order chi connectivity index (χ1) is 13.3. The largest absolute Gasteiger partial charge is 0.322 e. The Labute approximate surface area is 168 Å². The van der Waals surface area contributed by atoms with Crippen LogP contribution >= 0.6 is 11.6 Å². The fourth-order valence-electron chi connectivity index (χ4n) is 2.67. The third-order valence-corrected chi connectivity index (χ3v) is 4.69. The Kier molecular flexibility index (Phi) is 5.76. The number of anilines is 2. The van der Waals surface area contributed by atoms with Crippen LogP contribution in [0.3, 0.4) is 0 Å². The van der Waals surface area contributed by atoms with Crippen molar-refractivity contribution in [1.29, 1.82) is 0 Å². The molecule has 1 aromatic heterocycles. The highest BCUT2D eigenvalue weighted by Crippen LogP contribution is 2.20. The fourth-order valence-corrected chi connectivity index (χ4v) is 2.90. The topological polar surface area (TPSA) is 71.1 Å². The first-order valence-electron chi connectivity index (χ1n) is 8.75. The fraction of sp³-hybridized carbons (Fsp3) is 0.136. The van der Waals surface area contributed by atoms with Crippen LogP contribution in [-0.2, 0) is 0 Å². The lowest BCUT2D eigenvalue weighted by molar-refractivity contribution is 0.102. The number of benzene rings is 2. The van der Waals surface area contributed by atoms with E-state index in [1.807, 2.05) is 39.0 Å². The minimum absolute atomic E-state index is 0.155. The third-order valence-electron chi connectivity index (χ3n) is 4.46. The normalized spacial score (nSPS) is 10.4. The SMILES string of the molecule is Cc1ccc(NC(=O)c2ccnc(C(=O)Nc3ccc(Cl)cc3C)c2)cc1C. The van der Waals surface area contributed by atoms with Crippen LogP contribution < -0.4 is 10.6 Å². The van der Waals surface area contributed by atoms with Gasteiger partial charge in [0, 0.05) is 28.2 Å². The second kappa shape index (κ2) is 8.23. The Bertz CT molecular complexity index is 1060. The number of aromatic nitrogens is 1. The van der Waals surface area contributed by atoms with E-state index >= 15 is 0 Å². The van der Waals surface area contributed by atoms with E-state index in [0.29, 0.717) is 22.0 Å². The number of amides is 2. The van der Waals surface area contributed by atoms with Gasteiger partial charge in [0.2, 0.25) is 0 Å². The molecular formula is C22H20ClN3O2. The Hall–Kier alpha value is -3.18. The number of carbonyl (C=O) groups is 2. The second-order valence-electron chi connectivity index (χ2n) is 6.60. The molecule has 2 N–H and O–H groups in total. The van der Waals surface area contributed by atoms with Crippen molar-refractivity contribution in [2.45, 2.75) is 20.8 Å². The zero-order valence-electron chi connectivity index (χ0n) is 15.8. The predicted octanol–water partition coefficient (Wildman–Crippen LogP) is 5.16. The summed E-state index contributed by atoms with van der Waals surface area (Å²) in [5.74, 6) is -0.700. The summed E-state index contributed by atoms with van der Waals surface area (Å²) in [6, 6.07) is 13.9. The van der Waals surface area contributed by atoms with Crippen LogP contribution in [0.2, 0.25) is 5.02 Å². The summed E-state index contributed by atoms with van der Waals surface area (Å²) in [6.07, 6.45) is 1.44. The van der Waals surface area contributed by atoms with Gasteiger partial charge in [-0.2, -0.15) is 0 Å². The molecule has 0 spiro atoms. The molecule has 0 saturated carbocycles. The molecule has 0 aliphatic carbocycles. The van der Waals surface area contributed by atoms with Crippen molar-refractivity contribution in [3.63, 3.8) is 0 Å². The molecule has 0 radical (unpaired) electrons. The van der Waals surface area contributed by atoms with Gasteiger partial charge in [-0.25, -0.2) is 0 Å². The van der Waals surface area contributed by atoms with E-state index in [4.69, 9.17) is 11.6 Å². The van der Waals surface area contributed by atoms with E-state index in [2.05, 4.69) is 15.6 Å². The van der Waals surface area contributed by atoms with Crippen LogP contribution in [0.15, 0.2) is 54.7 Å². The minimum Gasteiger partial charge on any atom is -0.322 e. The molecule has 2 aromatic carbocycles. The van der Waals surface area contributed by atoms with E-state index in [9.17, 15) is 9.59 Å². The lowest BCUT2D eigenvalue weighted by atomic mass is 10.1. The molecule has 0 bridgehead atoms. The summed E-state index contributed by atoms with van der Waals surface area (Å²) in [5.41, 5.74) is 4.93. The number of rotatable bonds is 4. The number of nitrogens with zero attached hydrogens (tertiary/aromatic N) is 1. The van der Waals surface area contributed by atoms with Gasteiger partial charge >= 0.3 is 0 Å². The number of nitrogens with one attached hydrogen (secondary N) is 2. The van der Waals surface area contributed by atoms with Crippen molar-refractivity contribution in [2.24, 2.45) is 0 Å². The molecule has 28 heavy (non-hydrogen) atoms. The molecule has 2 amide bonds. The summed E-state index contributed by atoms with van der Waals surface area (Å²) in [6.45, 7) is 5.85. The second-order valence-corrected chi connectivity index (χ2v) is 7.03. The number of hydrogen-bond acceptors (Lipinski definition) is 3. The first kappa shape index (κ1) is 19.6. The average molecular weight is 394 g/mol. The molecular weight excluding hydrogens is 374 g/mol. The van der Waals surface area contributed by atoms with Gasteiger partial charge in [-0.1, -0.05) is 17.7 Å². The zero-order chi connectivity index (χ0) is 20.3. The molecule has 3 rings (SSSR count). The number of hydrogen-bond donors (Lipinski definition) is 2. The summed E-state index contributed by atoms with van der Waals surface area (Å²) in [4.78, 5) is 29.2. The highest BCUT2D eigenvalue weighted by Gasteiger charge is 2.13. The summed E-state index contributed by atoms with van der Waals surface area (Å²) < 4.78 is 0. The molecule has 3 aromatic rings. The van der Waals surface area contributed by atoms with E-state index in [0.717, 1.165) is 16.7 Å².